The number of alkyl halides is 3. The summed E-state index contributed by atoms with van der Waals surface area (Å²) < 4.78 is 41.6. The maximum Gasteiger partial charge on any atom is 0.417 e. The van der Waals surface area contributed by atoms with Crippen molar-refractivity contribution in [2.45, 2.75) is 43.9 Å². The molecular formula is C22H20F3N5O. The fraction of sp³-hybridized carbons (Fsp3) is 0.318. The lowest BCUT2D eigenvalue weighted by atomic mass is 9.90. The number of primary amides is 1. The van der Waals surface area contributed by atoms with Gasteiger partial charge in [0.25, 0.3) is 5.91 Å². The Kier molecular flexibility index (Phi) is 5.31. The zero-order chi connectivity index (χ0) is 22.2. The number of nitrogens with two attached hydrogens (primary N) is 1. The van der Waals surface area contributed by atoms with Crippen LogP contribution in [0.1, 0.15) is 53.2 Å². The van der Waals surface area contributed by atoms with Crippen molar-refractivity contribution in [1.29, 1.82) is 5.26 Å². The first-order valence-electron chi connectivity index (χ1n) is 9.91. The van der Waals surface area contributed by atoms with Gasteiger partial charge in [0, 0.05) is 35.6 Å². The van der Waals surface area contributed by atoms with Gasteiger partial charge in [0.05, 0.1) is 22.8 Å². The molecule has 9 heteroatoms. The molecule has 2 heterocycles. The SMILES string of the molecule is N#Cc1ccc(NC2CCC(n3cc(C(N)=O)c4cccnc43)CC2)cc1C(F)(F)F. The number of halogens is 3. The highest BCUT2D eigenvalue weighted by Crippen LogP contribution is 2.36. The molecule has 2 aromatic heterocycles. The monoisotopic (exact) mass is 427 g/mol. The molecule has 0 atom stereocenters. The maximum atomic E-state index is 13.2. The summed E-state index contributed by atoms with van der Waals surface area (Å²) in [4.78, 5) is 16.2. The number of amides is 1. The molecule has 1 fully saturated rings. The van der Waals surface area contributed by atoms with Gasteiger partial charge in [0.2, 0.25) is 0 Å². The highest BCUT2D eigenvalue weighted by Gasteiger charge is 2.34. The van der Waals surface area contributed by atoms with Gasteiger partial charge in [-0.25, -0.2) is 4.98 Å². The second-order valence-electron chi connectivity index (χ2n) is 7.71. The number of anilines is 1. The number of fused-ring (bicyclic) bond motifs is 1. The second-order valence-corrected chi connectivity index (χ2v) is 7.71. The number of rotatable bonds is 4. The van der Waals surface area contributed by atoms with E-state index in [4.69, 9.17) is 11.0 Å². The first-order chi connectivity index (χ1) is 14.8. The minimum atomic E-state index is -4.58. The van der Waals surface area contributed by atoms with E-state index in [9.17, 15) is 18.0 Å². The number of hydrogen-bond donors (Lipinski definition) is 2. The molecule has 1 amide bonds. The van der Waals surface area contributed by atoms with Crippen molar-refractivity contribution in [2.75, 3.05) is 5.32 Å². The number of hydrogen-bond acceptors (Lipinski definition) is 4. The highest BCUT2D eigenvalue weighted by molar-refractivity contribution is 6.05. The van der Waals surface area contributed by atoms with Crippen molar-refractivity contribution < 1.29 is 18.0 Å². The quantitative estimate of drug-likeness (QED) is 0.635. The van der Waals surface area contributed by atoms with E-state index in [1.165, 1.54) is 12.1 Å². The lowest BCUT2D eigenvalue weighted by Gasteiger charge is -2.31. The Balaban J connectivity index is 1.49. The zero-order valence-electron chi connectivity index (χ0n) is 16.5. The van der Waals surface area contributed by atoms with Crippen LogP contribution in [0.25, 0.3) is 11.0 Å². The first-order valence-corrected chi connectivity index (χ1v) is 9.91. The molecule has 1 saturated carbocycles. The Morgan fingerprint density at radius 2 is 1.97 bits per heavy atom. The van der Waals surface area contributed by atoms with Crippen LogP contribution >= 0.6 is 0 Å². The van der Waals surface area contributed by atoms with E-state index in [1.807, 2.05) is 10.6 Å². The number of carbonyl (C=O) groups is 1. The summed E-state index contributed by atoms with van der Waals surface area (Å²) in [6, 6.07) is 8.98. The molecule has 6 nitrogen and oxygen atoms in total. The molecule has 0 bridgehead atoms. The van der Waals surface area contributed by atoms with Crippen LogP contribution in [0.2, 0.25) is 0 Å². The molecule has 0 aliphatic heterocycles. The summed E-state index contributed by atoms with van der Waals surface area (Å²) in [7, 11) is 0. The molecule has 0 radical (unpaired) electrons. The van der Waals surface area contributed by atoms with Crippen molar-refractivity contribution in [3.63, 3.8) is 0 Å². The Morgan fingerprint density at radius 1 is 1.23 bits per heavy atom. The maximum absolute atomic E-state index is 13.2. The number of nitrogens with one attached hydrogen (secondary N) is 1. The van der Waals surface area contributed by atoms with E-state index >= 15 is 0 Å². The fourth-order valence-electron chi connectivity index (χ4n) is 4.26. The van der Waals surface area contributed by atoms with Gasteiger partial charge in [0.15, 0.2) is 0 Å². The molecule has 31 heavy (non-hydrogen) atoms. The van der Waals surface area contributed by atoms with Gasteiger partial charge in [-0.05, 0) is 56.0 Å². The number of benzene rings is 1. The molecule has 3 N–H and O–H groups in total. The number of carbonyl (C=O) groups excluding carboxylic acids is 1. The number of pyridine rings is 1. The van der Waals surface area contributed by atoms with E-state index in [2.05, 4.69) is 10.3 Å². The van der Waals surface area contributed by atoms with E-state index < -0.39 is 17.6 Å². The second kappa shape index (κ2) is 7.95. The van der Waals surface area contributed by atoms with Crippen molar-refractivity contribution in [1.82, 2.24) is 9.55 Å². The molecule has 3 aromatic rings. The van der Waals surface area contributed by atoms with Gasteiger partial charge in [-0.15, -0.1) is 0 Å². The van der Waals surface area contributed by atoms with Gasteiger partial charge in [-0.2, -0.15) is 18.4 Å². The van der Waals surface area contributed by atoms with Gasteiger partial charge in [0.1, 0.15) is 5.65 Å². The first kappa shape index (κ1) is 20.7. The molecule has 0 saturated heterocycles. The van der Waals surface area contributed by atoms with E-state index in [1.54, 1.807) is 24.5 Å². The predicted octanol–water partition coefficient (Wildman–Crippen LogP) is 4.62. The smallest absolute Gasteiger partial charge is 0.382 e. The average Bonchev–Trinajstić information content (AvgIpc) is 3.14. The fourth-order valence-corrected chi connectivity index (χ4v) is 4.26. The Morgan fingerprint density at radius 3 is 2.61 bits per heavy atom. The van der Waals surface area contributed by atoms with Crippen molar-refractivity contribution >= 4 is 22.6 Å². The third kappa shape index (κ3) is 4.06. The van der Waals surface area contributed by atoms with Crippen LogP contribution in [0.5, 0.6) is 0 Å². The van der Waals surface area contributed by atoms with Crippen LogP contribution in [0, 0.1) is 11.3 Å². The minimum absolute atomic E-state index is 0.00988. The van der Waals surface area contributed by atoms with E-state index in [0.717, 1.165) is 31.7 Å². The third-order valence-corrected chi connectivity index (χ3v) is 5.76. The molecule has 0 spiro atoms. The number of nitrogens with zero attached hydrogens (tertiary/aromatic N) is 3. The van der Waals surface area contributed by atoms with Crippen LogP contribution in [-0.2, 0) is 6.18 Å². The van der Waals surface area contributed by atoms with Crippen molar-refractivity contribution in [2.24, 2.45) is 5.73 Å². The Bertz CT molecular complexity index is 1170. The van der Waals surface area contributed by atoms with Crippen LogP contribution in [0.4, 0.5) is 18.9 Å². The van der Waals surface area contributed by atoms with Gasteiger partial charge in [-0.1, -0.05) is 0 Å². The predicted molar refractivity (Wildman–Crippen MR) is 109 cm³/mol. The molecule has 1 aromatic carbocycles. The molecule has 0 unspecified atom stereocenters. The van der Waals surface area contributed by atoms with Crippen LogP contribution in [-0.4, -0.2) is 21.5 Å². The van der Waals surface area contributed by atoms with Gasteiger partial charge >= 0.3 is 6.18 Å². The average molecular weight is 427 g/mol. The molecule has 1 aliphatic rings. The summed E-state index contributed by atoms with van der Waals surface area (Å²) in [5, 5.41) is 12.8. The van der Waals surface area contributed by atoms with E-state index in [-0.39, 0.29) is 17.6 Å². The summed E-state index contributed by atoms with van der Waals surface area (Å²) in [5.74, 6) is -0.506. The summed E-state index contributed by atoms with van der Waals surface area (Å²) >= 11 is 0. The standard InChI is InChI=1S/C22H20F3N5O/c23-22(24,25)19-10-15(4-3-13(19)11-26)29-14-5-7-16(8-6-14)30-12-18(20(27)31)17-2-1-9-28-21(17)30/h1-4,9-10,12,14,16,29H,5-8H2,(H2,27,31). The van der Waals surface area contributed by atoms with E-state index in [0.29, 0.717) is 22.3 Å². The van der Waals surface area contributed by atoms with Gasteiger partial charge < -0.3 is 15.6 Å². The van der Waals surface area contributed by atoms with Crippen LogP contribution in [0.15, 0.2) is 42.7 Å². The Hall–Kier alpha value is -3.54. The minimum Gasteiger partial charge on any atom is -0.382 e. The van der Waals surface area contributed by atoms with Crippen LogP contribution < -0.4 is 11.1 Å². The summed E-state index contributed by atoms with van der Waals surface area (Å²) in [5.41, 5.74) is 5.66. The van der Waals surface area contributed by atoms with Crippen LogP contribution in [0.3, 0.4) is 0 Å². The molecule has 160 valence electrons. The van der Waals surface area contributed by atoms with Crippen molar-refractivity contribution in [3.8, 4) is 6.07 Å². The molecule has 4 rings (SSSR count). The highest BCUT2D eigenvalue weighted by atomic mass is 19.4. The molecular weight excluding hydrogens is 407 g/mol. The lowest BCUT2D eigenvalue weighted by Crippen LogP contribution is -2.27. The lowest BCUT2D eigenvalue weighted by molar-refractivity contribution is -0.137. The zero-order valence-corrected chi connectivity index (χ0v) is 16.5. The number of nitriles is 1. The van der Waals surface area contributed by atoms with Crippen molar-refractivity contribution in [3.05, 3.63) is 59.4 Å². The largest absolute Gasteiger partial charge is 0.417 e. The van der Waals surface area contributed by atoms with Gasteiger partial charge in [-0.3, -0.25) is 4.79 Å². The molecule has 1 aliphatic carbocycles. The number of aromatic nitrogens is 2. The summed E-state index contributed by atoms with van der Waals surface area (Å²) in [6.07, 6.45) is 1.86. The summed E-state index contributed by atoms with van der Waals surface area (Å²) in [6.45, 7) is 0. The topological polar surface area (TPSA) is 96.7 Å². The Labute approximate surface area is 176 Å². The normalized spacial score (nSPS) is 19.2. The third-order valence-electron chi connectivity index (χ3n) is 5.76.